The SMILES string of the molecule is Cc1cc(C(=O)N2CCC(O)(Cn3cnc4c(cnn4-c4ccc(Cl)cc4)c3=O)CC2)on1. The van der Waals surface area contributed by atoms with Crippen LogP contribution < -0.4 is 5.56 Å². The number of nitrogens with zero attached hydrogens (tertiary/aromatic N) is 6. The van der Waals surface area contributed by atoms with Crippen molar-refractivity contribution in [1.29, 1.82) is 0 Å². The minimum Gasteiger partial charge on any atom is -0.388 e. The predicted octanol–water partition coefficient (Wildman–Crippen LogP) is 2.20. The normalized spacial score (nSPS) is 15.8. The number of likely N-dealkylation sites (tertiary alicyclic amines) is 1. The lowest BCUT2D eigenvalue weighted by molar-refractivity contribution is -0.0305. The lowest BCUT2D eigenvalue weighted by atomic mass is 9.91. The lowest BCUT2D eigenvalue weighted by Crippen LogP contribution is -2.49. The van der Waals surface area contributed by atoms with E-state index in [4.69, 9.17) is 16.1 Å². The summed E-state index contributed by atoms with van der Waals surface area (Å²) in [5.74, 6) is -0.0750. The van der Waals surface area contributed by atoms with Crippen LogP contribution in [0.25, 0.3) is 16.7 Å². The molecule has 11 heteroatoms. The van der Waals surface area contributed by atoms with Gasteiger partial charge < -0.3 is 14.5 Å². The van der Waals surface area contributed by atoms with Crippen molar-refractivity contribution in [3.63, 3.8) is 0 Å². The molecule has 0 atom stereocenters. The van der Waals surface area contributed by atoms with E-state index in [0.29, 0.717) is 47.7 Å². The van der Waals surface area contributed by atoms with E-state index in [-0.39, 0.29) is 23.8 Å². The van der Waals surface area contributed by atoms with E-state index in [1.165, 1.54) is 17.1 Å². The van der Waals surface area contributed by atoms with Gasteiger partial charge in [-0.25, -0.2) is 9.67 Å². The fourth-order valence-electron chi connectivity index (χ4n) is 4.05. The molecule has 10 nitrogen and oxygen atoms in total. The molecule has 4 aromatic rings. The molecule has 0 unspecified atom stereocenters. The van der Waals surface area contributed by atoms with Crippen LogP contribution in [0.5, 0.6) is 0 Å². The van der Waals surface area contributed by atoms with Crippen molar-refractivity contribution >= 4 is 28.5 Å². The summed E-state index contributed by atoms with van der Waals surface area (Å²) in [6, 6.07) is 8.65. The number of carbonyl (C=O) groups is 1. The average molecular weight is 469 g/mol. The molecule has 1 aliphatic heterocycles. The highest BCUT2D eigenvalue weighted by molar-refractivity contribution is 6.30. The summed E-state index contributed by atoms with van der Waals surface area (Å²) >= 11 is 5.95. The first-order valence-corrected chi connectivity index (χ1v) is 10.8. The minimum absolute atomic E-state index is 0.0738. The summed E-state index contributed by atoms with van der Waals surface area (Å²) in [6.45, 7) is 2.50. The third-order valence-corrected chi connectivity index (χ3v) is 6.16. The molecule has 0 radical (unpaired) electrons. The molecule has 170 valence electrons. The molecule has 1 amide bonds. The van der Waals surface area contributed by atoms with Crippen LogP contribution in [0.1, 0.15) is 29.1 Å². The summed E-state index contributed by atoms with van der Waals surface area (Å²) < 4.78 is 8.02. The van der Waals surface area contributed by atoms with Gasteiger partial charge in [-0.15, -0.1) is 0 Å². The number of fused-ring (bicyclic) bond motifs is 1. The Labute approximate surface area is 193 Å². The highest BCUT2D eigenvalue weighted by atomic mass is 35.5. The highest BCUT2D eigenvalue weighted by Gasteiger charge is 2.36. The van der Waals surface area contributed by atoms with Crippen molar-refractivity contribution in [3.05, 3.63) is 69.7 Å². The quantitative estimate of drug-likeness (QED) is 0.487. The Morgan fingerprint density at radius 1 is 1.24 bits per heavy atom. The van der Waals surface area contributed by atoms with Gasteiger partial charge in [0.2, 0.25) is 5.76 Å². The molecule has 1 saturated heterocycles. The maximum Gasteiger partial charge on any atom is 0.292 e. The molecule has 0 spiro atoms. The zero-order chi connectivity index (χ0) is 23.2. The van der Waals surface area contributed by atoms with Crippen molar-refractivity contribution in [1.82, 2.24) is 29.4 Å². The van der Waals surface area contributed by atoms with Gasteiger partial charge in [0.15, 0.2) is 5.65 Å². The Balaban J connectivity index is 1.33. The van der Waals surface area contributed by atoms with Crippen LogP contribution in [0.15, 0.2) is 52.2 Å². The summed E-state index contributed by atoms with van der Waals surface area (Å²) in [7, 11) is 0. The first-order valence-electron chi connectivity index (χ1n) is 10.5. The van der Waals surface area contributed by atoms with Crippen molar-refractivity contribution in [2.24, 2.45) is 0 Å². The Morgan fingerprint density at radius 3 is 2.64 bits per heavy atom. The molecular formula is C22H21ClN6O4. The van der Waals surface area contributed by atoms with E-state index in [1.54, 1.807) is 46.8 Å². The minimum atomic E-state index is -1.14. The van der Waals surface area contributed by atoms with Crippen molar-refractivity contribution in [2.75, 3.05) is 13.1 Å². The molecule has 5 rings (SSSR count). The van der Waals surface area contributed by atoms with Gasteiger partial charge in [0.25, 0.3) is 11.5 Å². The van der Waals surface area contributed by atoms with E-state index >= 15 is 0 Å². The third kappa shape index (κ3) is 4.03. The van der Waals surface area contributed by atoms with E-state index in [1.807, 2.05) is 0 Å². The fourth-order valence-corrected chi connectivity index (χ4v) is 4.18. The molecule has 33 heavy (non-hydrogen) atoms. The number of hydrogen-bond donors (Lipinski definition) is 1. The molecule has 1 N–H and O–H groups in total. The third-order valence-electron chi connectivity index (χ3n) is 5.91. The Hall–Kier alpha value is -3.50. The number of hydrogen-bond acceptors (Lipinski definition) is 7. The standard InChI is InChI=1S/C22H21ClN6O4/c1-14-10-18(33-26-14)21(31)27-8-6-22(32,7-9-27)12-28-13-24-19-17(20(28)30)11-25-29(19)16-4-2-15(23)3-5-16/h2-5,10-11,13,32H,6-9,12H2,1H3. The van der Waals surface area contributed by atoms with Crippen LogP contribution in [0, 0.1) is 6.92 Å². The highest BCUT2D eigenvalue weighted by Crippen LogP contribution is 2.25. The van der Waals surface area contributed by atoms with Crippen molar-refractivity contribution < 1.29 is 14.4 Å². The van der Waals surface area contributed by atoms with E-state index in [2.05, 4.69) is 15.2 Å². The summed E-state index contributed by atoms with van der Waals surface area (Å²) in [5, 5.41) is 20.1. The molecule has 3 aromatic heterocycles. The number of aryl methyl sites for hydroxylation is 1. The van der Waals surface area contributed by atoms with Crippen molar-refractivity contribution in [2.45, 2.75) is 31.9 Å². The van der Waals surface area contributed by atoms with Gasteiger partial charge in [-0.2, -0.15) is 5.10 Å². The Morgan fingerprint density at radius 2 is 1.97 bits per heavy atom. The monoisotopic (exact) mass is 468 g/mol. The summed E-state index contributed by atoms with van der Waals surface area (Å²) in [4.78, 5) is 31.6. The van der Waals surface area contributed by atoms with Gasteiger partial charge in [-0.3, -0.25) is 14.2 Å². The Bertz CT molecular complexity index is 1380. The summed E-state index contributed by atoms with van der Waals surface area (Å²) in [6.07, 6.45) is 3.53. The van der Waals surface area contributed by atoms with Gasteiger partial charge in [0.05, 0.1) is 29.7 Å². The lowest BCUT2D eigenvalue weighted by Gasteiger charge is -2.38. The zero-order valence-corrected chi connectivity index (χ0v) is 18.6. The van der Waals surface area contributed by atoms with Gasteiger partial charge in [-0.05, 0) is 44.0 Å². The smallest absolute Gasteiger partial charge is 0.292 e. The molecule has 4 heterocycles. The van der Waals surface area contributed by atoms with Crippen LogP contribution >= 0.6 is 11.6 Å². The van der Waals surface area contributed by atoms with Gasteiger partial charge in [-0.1, -0.05) is 16.8 Å². The second-order valence-electron chi connectivity index (χ2n) is 8.30. The number of carbonyl (C=O) groups excluding carboxylic acids is 1. The van der Waals surface area contributed by atoms with Crippen LogP contribution in [-0.2, 0) is 6.54 Å². The average Bonchev–Trinajstić information content (AvgIpc) is 3.43. The van der Waals surface area contributed by atoms with Gasteiger partial charge in [0, 0.05) is 24.2 Å². The van der Waals surface area contributed by atoms with Crippen LogP contribution in [0.3, 0.4) is 0 Å². The van der Waals surface area contributed by atoms with Gasteiger partial charge >= 0.3 is 0 Å². The number of aliphatic hydroxyl groups is 1. The maximum atomic E-state index is 13.1. The number of benzene rings is 1. The molecular weight excluding hydrogens is 448 g/mol. The zero-order valence-electron chi connectivity index (χ0n) is 17.8. The second-order valence-corrected chi connectivity index (χ2v) is 8.73. The van der Waals surface area contributed by atoms with E-state index in [9.17, 15) is 14.7 Å². The molecule has 0 saturated carbocycles. The molecule has 1 fully saturated rings. The number of piperidine rings is 1. The topological polar surface area (TPSA) is 119 Å². The Kier molecular flexibility index (Phi) is 5.26. The number of aromatic nitrogens is 5. The van der Waals surface area contributed by atoms with Crippen LogP contribution in [0.2, 0.25) is 5.02 Å². The fraction of sp³-hybridized carbons (Fsp3) is 0.318. The first kappa shape index (κ1) is 21.4. The van der Waals surface area contributed by atoms with Crippen molar-refractivity contribution in [3.8, 4) is 5.69 Å². The number of amides is 1. The predicted molar refractivity (Wildman–Crippen MR) is 119 cm³/mol. The van der Waals surface area contributed by atoms with Gasteiger partial charge in [0.1, 0.15) is 11.7 Å². The summed E-state index contributed by atoms with van der Waals surface area (Å²) in [5.41, 5.74) is 0.363. The van der Waals surface area contributed by atoms with E-state index in [0.717, 1.165) is 5.69 Å². The first-order chi connectivity index (χ1) is 15.8. The maximum absolute atomic E-state index is 13.1. The molecule has 1 aromatic carbocycles. The number of rotatable bonds is 4. The largest absolute Gasteiger partial charge is 0.388 e. The molecule has 0 aliphatic carbocycles. The molecule has 1 aliphatic rings. The molecule has 0 bridgehead atoms. The van der Waals surface area contributed by atoms with Crippen LogP contribution in [0.4, 0.5) is 0 Å². The van der Waals surface area contributed by atoms with Crippen LogP contribution in [-0.4, -0.2) is 59.1 Å². The number of halogens is 1. The van der Waals surface area contributed by atoms with E-state index < -0.39 is 5.60 Å². The second kappa shape index (κ2) is 8.13.